The van der Waals surface area contributed by atoms with Crippen molar-refractivity contribution in [2.45, 2.75) is 25.3 Å². The molecule has 0 aromatic heterocycles. The third-order valence-electron chi connectivity index (χ3n) is 3.71. The number of para-hydroxylation sites is 1. The van der Waals surface area contributed by atoms with Crippen LogP contribution in [0.25, 0.3) is 0 Å². The van der Waals surface area contributed by atoms with Gasteiger partial charge >= 0.3 is 0 Å². The number of benzene rings is 2. The second-order valence-corrected chi connectivity index (χ2v) is 6.42. The zero-order valence-corrected chi connectivity index (χ0v) is 13.1. The Kier molecular flexibility index (Phi) is 3.99. The van der Waals surface area contributed by atoms with E-state index < -0.39 is 0 Å². The first-order valence-corrected chi connectivity index (χ1v) is 7.78. The predicted molar refractivity (Wildman–Crippen MR) is 85.0 cm³/mol. The van der Waals surface area contributed by atoms with Gasteiger partial charge in [0.2, 0.25) is 0 Å². The molecule has 1 nitrogen and oxygen atoms in total. The minimum absolute atomic E-state index is 0.220. The molecule has 0 amide bonds. The molecule has 3 rings (SSSR count). The van der Waals surface area contributed by atoms with Crippen LogP contribution in [0.4, 0.5) is 10.1 Å². The second kappa shape index (κ2) is 5.74. The van der Waals surface area contributed by atoms with E-state index in [4.69, 9.17) is 11.6 Å². The Morgan fingerprint density at radius 2 is 2.05 bits per heavy atom. The number of hydrogen-bond donors (Lipinski definition) is 1. The van der Waals surface area contributed by atoms with E-state index in [0.717, 1.165) is 23.7 Å². The molecule has 1 N–H and O–H groups in total. The summed E-state index contributed by atoms with van der Waals surface area (Å²) in [4.78, 5) is 0. The van der Waals surface area contributed by atoms with Crippen LogP contribution in [0.5, 0.6) is 0 Å². The molecule has 1 atom stereocenters. The molecular formula is C16H14BrClFN. The van der Waals surface area contributed by atoms with Crippen molar-refractivity contribution in [1.82, 2.24) is 0 Å². The van der Waals surface area contributed by atoms with Crippen molar-refractivity contribution >= 4 is 33.2 Å². The Hall–Kier alpha value is -1.06. The number of fused-ring (bicyclic) bond motifs is 1. The van der Waals surface area contributed by atoms with Gasteiger partial charge in [0.15, 0.2) is 0 Å². The van der Waals surface area contributed by atoms with Gasteiger partial charge in [0.05, 0.1) is 10.7 Å². The minimum atomic E-state index is -0.292. The van der Waals surface area contributed by atoms with E-state index in [1.165, 1.54) is 17.2 Å². The highest BCUT2D eigenvalue weighted by Crippen LogP contribution is 2.30. The number of anilines is 1. The SMILES string of the molecule is Fc1cccc(Cl)c1NC1CCc2cc(Br)ccc2C1. The highest BCUT2D eigenvalue weighted by molar-refractivity contribution is 9.10. The third kappa shape index (κ3) is 2.84. The lowest BCUT2D eigenvalue weighted by molar-refractivity contribution is 0.592. The smallest absolute Gasteiger partial charge is 0.147 e. The van der Waals surface area contributed by atoms with E-state index in [2.05, 4.69) is 39.4 Å². The molecule has 1 unspecified atom stereocenters. The van der Waals surface area contributed by atoms with Crippen molar-refractivity contribution in [3.63, 3.8) is 0 Å². The Bertz CT molecular complexity index is 624. The van der Waals surface area contributed by atoms with Gasteiger partial charge in [0, 0.05) is 10.5 Å². The van der Waals surface area contributed by atoms with Gasteiger partial charge in [-0.2, -0.15) is 0 Å². The van der Waals surface area contributed by atoms with Crippen LogP contribution in [-0.4, -0.2) is 6.04 Å². The molecule has 0 saturated heterocycles. The summed E-state index contributed by atoms with van der Waals surface area (Å²) in [7, 11) is 0. The largest absolute Gasteiger partial charge is 0.378 e. The number of aryl methyl sites for hydroxylation is 1. The molecule has 1 aliphatic rings. The zero-order valence-electron chi connectivity index (χ0n) is 10.8. The van der Waals surface area contributed by atoms with Crippen molar-refractivity contribution in [2.24, 2.45) is 0 Å². The van der Waals surface area contributed by atoms with Gasteiger partial charge in [-0.15, -0.1) is 0 Å². The molecule has 0 aliphatic heterocycles. The van der Waals surface area contributed by atoms with E-state index in [1.807, 2.05) is 0 Å². The molecule has 2 aromatic carbocycles. The van der Waals surface area contributed by atoms with Gasteiger partial charge in [-0.25, -0.2) is 4.39 Å². The van der Waals surface area contributed by atoms with Crippen LogP contribution in [0, 0.1) is 5.82 Å². The molecule has 0 bridgehead atoms. The lowest BCUT2D eigenvalue weighted by Gasteiger charge is -2.27. The molecule has 2 aromatic rings. The van der Waals surface area contributed by atoms with Crippen LogP contribution in [0.1, 0.15) is 17.5 Å². The number of nitrogens with one attached hydrogen (secondary N) is 1. The molecule has 4 heteroatoms. The lowest BCUT2D eigenvalue weighted by atomic mass is 9.88. The maximum atomic E-state index is 13.8. The zero-order chi connectivity index (χ0) is 14.1. The Morgan fingerprint density at radius 1 is 1.20 bits per heavy atom. The first-order valence-electron chi connectivity index (χ1n) is 6.61. The molecule has 1 aliphatic carbocycles. The van der Waals surface area contributed by atoms with E-state index in [0.29, 0.717) is 10.7 Å². The first kappa shape index (κ1) is 13.9. The molecule has 0 radical (unpaired) electrons. The normalized spacial score (nSPS) is 17.6. The van der Waals surface area contributed by atoms with Gasteiger partial charge in [-0.05, 0) is 54.7 Å². The Labute approximate surface area is 131 Å². The van der Waals surface area contributed by atoms with Crippen molar-refractivity contribution in [2.75, 3.05) is 5.32 Å². The van der Waals surface area contributed by atoms with Gasteiger partial charge < -0.3 is 5.32 Å². The quantitative estimate of drug-likeness (QED) is 0.780. The summed E-state index contributed by atoms with van der Waals surface area (Å²) in [5, 5.41) is 3.69. The van der Waals surface area contributed by atoms with Gasteiger partial charge in [0.1, 0.15) is 5.82 Å². The van der Waals surface area contributed by atoms with E-state index >= 15 is 0 Å². The Morgan fingerprint density at radius 3 is 2.85 bits per heavy atom. The molecule has 104 valence electrons. The summed E-state index contributed by atoms with van der Waals surface area (Å²) in [6.07, 6.45) is 2.87. The number of halogens is 3. The highest BCUT2D eigenvalue weighted by atomic mass is 79.9. The average Bonchev–Trinajstić information content (AvgIpc) is 2.43. The van der Waals surface area contributed by atoms with Gasteiger partial charge in [-0.1, -0.05) is 39.7 Å². The highest BCUT2D eigenvalue weighted by Gasteiger charge is 2.20. The minimum Gasteiger partial charge on any atom is -0.378 e. The summed E-state index contributed by atoms with van der Waals surface area (Å²) in [5.74, 6) is -0.292. The third-order valence-corrected chi connectivity index (χ3v) is 4.52. The van der Waals surface area contributed by atoms with Crippen LogP contribution in [0.3, 0.4) is 0 Å². The maximum absolute atomic E-state index is 13.8. The summed E-state index contributed by atoms with van der Waals surface area (Å²) in [5.41, 5.74) is 3.11. The van der Waals surface area contributed by atoms with Crippen LogP contribution in [0.2, 0.25) is 5.02 Å². The monoisotopic (exact) mass is 353 g/mol. The molecule has 20 heavy (non-hydrogen) atoms. The maximum Gasteiger partial charge on any atom is 0.147 e. The first-order chi connectivity index (χ1) is 9.63. The summed E-state index contributed by atoms with van der Waals surface area (Å²) >= 11 is 9.56. The average molecular weight is 355 g/mol. The fraction of sp³-hybridized carbons (Fsp3) is 0.250. The van der Waals surface area contributed by atoms with E-state index in [9.17, 15) is 4.39 Å². The molecular weight excluding hydrogens is 341 g/mol. The standard InChI is InChI=1S/C16H14BrClFN/c17-12-6-4-11-9-13(7-5-10(11)8-12)20-16-14(18)2-1-3-15(16)19/h1-4,6,8,13,20H,5,7,9H2. The fourth-order valence-electron chi connectivity index (χ4n) is 2.69. The number of rotatable bonds is 2. The molecule has 0 heterocycles. The van der Waals surface area contributed by atoms with Crippen molar-refractivity contribution in [3.8, 4) is 0 Å². The fourth-order valence-corrected chi connectivity index (χ4v) is 3.31. The summed E-state index contributed by atoms with van der Waals surface area (Å²) in [6, 6.07) is 11.3. The second-order valence-electron chi connectivity index (χ2n) is 5.09. The summed E-state index contributed by atoms with van der Waals surface area (Å²) in [6.45, 7) is 0. The molecule has 0 saturated carbocycles. The van der Waals surface area contributed by atoms with Crippen molar-refractivity contribution in [1.29, 1.82) is 0 Å². The van der Waals surface area contributed by atoms with Gasteiger partial charge in [0.25, 0.3) is 0 Å². The summed E-state index contributed by atoms with van der Waals surface area (Å²) < 4.78 is 14.9. The topological polar surface area (TPSA) is 12.0 Å². The van der Waals surface area contributed by atoms with E-state index in [1.54, 1.807) is 12.1 Å². The molecule has 0 fully saturated rings. The van der Waals surface area contributed by atoms with Crippen molar-refractivity contribution in [3.05, 3.63) is 62.8 Å². The number of hydrogen-bond acceptors (Lipinski definition) is 1. The Balaban J connectivity index is 1.79. The van der Waals surface area contributed by atoms with E-state index in [-0.39, 0.29) is 11.9 Å². The van der Waals surface area contributed by atoms with Gasteiger partial charge in [-0.3, -0.25) is 0 Å². The van der Waals surface area contributed by atoms with Crippen molar-refractivity contribution < 1.29 is 4.39 Å². The van der Waals surface area contributed by atoms with Crippen LogP contribution in [-0.2, 0) is 12.8 Å². The lowest BCUT2D eigenvalue weighted by Crippen LogP contribution is -2.27. The van der Waals surface area contributed by atoms with Crippen LogP contribution < -0.4 is 5.32 Å². The van der Waals surface area contributed by atoms with Crippen LogP contribution in [0.15, 0.2) is 40.9 Å². The predicted octanol–water partition coefficient (Wildman–Crippen LogP) is 5.21. The molecule has 0 spiro atoms. The van der Waals surface area contributed by atoms with Crippen LogP contribution >= 0.6 is 27.5 Å².